The highest BCUT2D eigenvalue weighted by Gasteiger charge is 2.54. The van der Waals surface area contributed by atoms with Crippen molar-refractivity contribution in [1.82, 2.24) is 10.2 Å². The summed E-state index contributed by atoms with van der Waals surface area (Å²) in [6.07, 6.45) is -2.15. The Morgan fingerprint density at radius 3 is 2.30 bits per heavy atom. The molecular formula is C13H19F3N2O2. The molecule has 4 nitrogen and oxygen atoms in total. The summed E-state index contributed by atoms with van der Waals surface area (Å²) < 4.78 is 38.2. The number of rotatable bonds is 2. The van der Waals surface area contributed by atoms with Crippen LogP contribution in [0.3, 0.4) is 0 Å². The van der Waals surface area contributed by atoms with Crippen LogP contribution in [0.25, 0.3) is 0 Å². The van der Waals surface area contributed by atoms with Crippen LogP contribution in [-0.2, 0) is 9.59 Å². The molecule has 0 bridgehead atoms. The lowest BCUT2D eigenvalue weighted by molar-refractivity contribution is -0.180. The Labute approximate surface area is 115 Å². The first-order valence-electron chi connectivity index (χ1n) is 6.86. The summed E-state index contributed by atoms with van der Waals surface area (Å²) in [4.78, 5) is 25.4. The fourth-order valence-corrected chi connectivity index (χ4v) is 3.25. The van der Waals surface area contributed by atoms with Crippen molar-refractivity contribution in [3.05, 3.63) is 0 Å². The molecule has 1 saturated heterocycles. The first-order chi connectivity index (χ1) is 9.16. The molecule has 1 N–H and O–H groups in total. The van der Waals surface area contributed by atoms with Gasteiger partial charge in [0.2, 0.25) is 11.8 Å². The van der Waals surface area contributed by atoms with E-state index in [1.54, 1.807) is 13.8 Å². The molecule has 7 heteroatoms. The van der Waals surface area contributed by atoms with Crippen LogP contribution in [-0.4, -0.2) is 41.0 Å². The number of halogens is 3. The third-order valence-electron chi connectivity index (χ3n) is 4.08. The normalized spacial score (nSPS) is 26.5. The number of nitrogens with one attached hydrogen (secondary N) is 1. The van der Waals surface area contributed by atoms with Crippen molar-refractivity contribution < 1.29 is 22.8 Å². The van der Waals surface area contributed by atoms with Gasteiger partial charge in [0, 0.05) is 0 Å². The van der Waals surface area contributed by atoms with Crippen LogP contribution in [0.1, 0.15) is 39.5 Å². The van der Waals surface area contributed by atoms with E-state index in [1.807, 2.05) is 0 Å². The zero-order chi connectivity index (χ0) is 15.1. The highest BCUT2D eigenvalue weighted by atomic mass is 19.4. The highest BCUT2D eigenvalue weighted by molar-refractivity contribution is 6.00. The van der Waals surface area contributed by atoms with Crippen molar-refractivity contribution in [1.29, 1.82) is 0 Å². The second kappa shape index (κ2) is 4.93. The third kappa shape index (κ3) is 2.62. The van der Waals surface area contributed by atoms with Crippen LogP contribution >= 0.6 is 0 Å². The minimum absolute atomic E-state index is 0.361. The van der Waals surface area contributed by atoms with E-state index in [2.05, 4.69) is 5.32 Å². The van der Waals surface area contributed by atoms with Crippen molar-refractivity contribution in [3.8, 4) is 0 Å². The van der Waals surface area contributed by atoms with E-state index in [4.69, 9.17) is 0 Å². The number of amides is 2. The second-order valence-electron chi connectivity index (χ2n) is 6.02. The summed E-state index contributed by atoms with van der Waals surface area (Å²) in [6.45, 7) is 1.94. The molecule has 1 unspecified atom stereocenters. The van der Waals surface area contributed by atoms with Crippen LogP contribution < -0.4 is 5.32 Å². The Morgan fingerprint density at radius 1 is 1.30 bits per heavy atom. The van der Waals surface area contributed by atoms with E-state index in [9.17, 15) is 22.8 Å². The van der Waals surface area contributed by atoms with E-state index in [1.165, 1.54) is 0 Å². The lowest BCUT2D eigenvalue weighted by Gasteiger charge is -2.45. The molecule has 0 radical (unpaired) electrons. The Hall–Kier alpha value is -1.27. The smallest absolute Gasteiger partial charge is 0.340 e. The lowest BCUT2D eigenvalue weighted by Crippen LogP contribution is -2.71. The van der Waals surface area contributed by atoms with E-state index >= 15 is 0 Å². The van der Waals surface area contributed by atoms with E-state index in [0.717, 1.165) is 17.7 Å². The monoisotopic (exact) mass is 292 g/mol. The minimum atomic E-state index is -4.50. The van der Waals surface area contributed by atoms with Gasteiger partial charge in [-0.15, -0.1) is 0 Å². The van der Waals surface area contributed by atoms with Gasteiger partial charge in [0.25, 0.3) is 0 Å². The quantitative estimate of drug-likeness (QED) is 0.844. The minimum Gasteiger partial charge on any atom is -0.340 e. The summed E-state index contributed by atoms with van der Waals surface area (Å²) in [7, 11) is 0. The summed E-state index contributed by atoms with van der Waals surface area (Å²) in [5.41, 5.74) is -1.10. The van der Waals surface area contributed by atoms with Gasteiger partial charge in [-0.2, -0.15) is 13.2 Å². The second-order valence-corrected chi connectivity index (χ2v) is 6.02. The topological polar surface area (TPSA) is 49.4 Å². The highest BCUT2D eigenvalue weighted by Crippen LogP contribution is 2.36. The third-order valence-corrected chi connectivity index (χ3v) is 4.08. The lowest BCUT2D eigenvalue weighted by atomic mass is 9.87. The van der Waals surface area contributed by atoms with E-state index in [-0.39, 0.29) is 5.92 Å². The van der Waals surface area contributed by atoms with Gasteiger partial charge in [0.1, 0.15) is 18.1 Å². The predicted molar refractivity (Wildman–Crippen MR) is 65.7 cm³/mol. The molecule has 1 saturated carbocycles. The number of alkyl halides is 3. The zero-order valence-corrected chi connectivity index (χ0v) is 11.6. The van der Waals surface area contributed by atoms with Crippen LogP contribution in [0.4, 0.5) is 13.2 Å². The molecule has 2 aliphatic rings. The summed E-state index contributed by atoms with van der Waals surface area (Å²) >= 11 is 0. The Kier molecular flexibility index (Phi) is 3.73. The van der Waals surface area contributed by atoms with Crippen LogP contribution in [0.2, 0.25) is 0 Å². The Bertz CT molecular complexity index is 414. The van der Waals surface area contributed by atoms with Gasteiger partial charge >= 0.3 is 6.18 Å². The van der Waals surface area contributed by atoms with Gasteiger partial charge in [0.15, 0.2) is 0 Å². The molecular weight excluding hydrogens is 273 g/mol. The molecule has 1 atom stereocenters. The fraction of sp³-hybridized carbons (Fsp3) is 0.846. The van der Waals surface area contributed by atoms with Crippen LogP contribution in [0.15, 0.2) is 0 Å². The molecule has 0 aromatic rings. The molecule has 1 aliphatic heterocycles. The number of carbonyl (C=O) groups is 2. The van der Waals surface area contributed by atoms with Crippen molar-refractivity contribution in [2.75, 3.05) is 6.54 Å². The molecule has 2 amide bonds. The van der Waals surface area contributed by atoms with Crippen LogP contribution in [0.5, 0.6) is 0 Å². The SMILES string of the molecule is CC(C)C1C(=O)NC2(CCCC2)C(=O)N1CC(F)(F)F. The molecule has 114 valence electrons. The van der Waals surface area contributed by atoms with Gasteiger partial charge in [-0.3, -0.25) is 9.59 Å². The number of carbonyl (C=O) groups excluding carboxylic acids is 2. The standard InChI is InChI=1S/C13H19F3N2O2/c1-8(2)9-10(19)17-12(5-3-4-6-12)11(20)18(9)7-13(14,15)16/h8-9H,3-7H2,1-2H3,(H,17,19). The maximum atomic E-state index is 12.7. The summed E-state index contributed by atoms with van der Waals surface area (Å²) in [5.74, 6) is -1.41. The van der Waals surface area contributed by atoms with Gasteiger partial charge < -0.3 is 10.2 Å². The number of hydrogen-bond acceptors (Lipinski definition) is 2. The first kappa shape index (κ1) is 15.1. The molecule has 2 fully saturated rings. The predicted octanol–water partition coefficient (Wildman–Crippen LogP) is 1.84. The average Bonchev–Trinajstić information content (AvgIpc) is 2.72. The number of nitrogens with zero attached hydrogens (tertiary/aromatic N) is 1. The molecule has 0 aromatic carbocycles. The molecule has 1 spiro atoms. The van der Waals surface area contributed by atoms with Gasteiger partial charge in [0.05, 0.1) is 0 Å². The summed E-state index contributed by atoms with van der Waals surface area (Å²) in [5, 5.41) is 2.69. The summed E-state index contributed by atoms with van der Waals surface area (Å²) in [6, 6.07) is -1.05. The Morgan fingerprint density at radius 2 is 1.85 bits per heavy atom. The average molecular weight is 292 g/mol. The van der Waals surface area contributed by atoms with E-state index in [0.29, 0.717) is 12.8 Å². The maximum absolute atomic E-state index is 12.7. The van der Waals surface area contributed by atoms with Crippen LogP contribution in [0, 0.1) is 5.92 Å². The van der Waals surface area contributed by atoms with E-state index < -0.39 is 36.1 Å². The van der Waals surface area contributed by atoms with Crippen molar-refractivity contribution in [3.63, 3.8) is 0 Å². The molecule has 0 aromatic heterocycles. The molecule has 1 aliphatic carbocycles. The van der Waals surface area contributed by atoms with Crippen molar-refractivity contribution in [2.24, 2.45) is 5.92 Å². The van der Waals surface area contributed by atoms with Gasteiger partial charge in [-0.05, 0) is 18.8 Å². The largest absolute Gasteiger partial charge is 0.406 e. The maximum Gasteiger partial charge on any atom is 0.406 e. The molecule has 1 heterocycles. The van der Waals surface area contributed by atoms with Crippen molar-refractivity contribution >= 4 is 11.8 Å². The molecule has 2 rings (SSSR count). The van der Waals surface area contributed by atoms with Gasteiger partial charge in [-0.25, -0.2) is 0 Å². The molecule has 20 heavy (non-hydrogen) atoms. The fourth-order valence-electron chi connectivity index (χ4n) is 3.25. The van der Waals surface area contributed by atoms with Crippen molar-refractivity contribution in [2.45, 2.75) is 57.3 Å². The zero-order valence-electron chi connectivity index (χ0n) is 11.6. The number of piperazine rings is 1. The van der Waals surface area contributed by atoms with Gasteiger partial charge in [-0.1, -0.05) is 26.7 Å². The first-order valence-corrected chi connectivity index (χ1v) is 6.86. The Balaban J connectivity index is 2.33. The number of hydrogen-bond donors (Lipinski definition) is 1.